The van der Waals surface area contributed by atoms with Crippen molar-refractivity contribution < 1.29 is 13.9 Å². The summed E-state index contributed by atoms with van der Waals surface area (Å²) in [4.78, 5) is 12.0. The molecule has 1 N–H and O–H groups in total. The van der Waals surface area contributed by atoms with Crippen molar-refractivity contribution in [2.75, 3.05) is 18.9 Å². The average Bonchev–Trinajstić information content (AvgIpc) is 3.33. The van der Waals surface area contributed by atoms with Crippen LogP contribution in [0.15, 0.2) is 58.3 Å². The Morgan fingerprint density at radius 1 is 1.23 bits per heavy atom. The van der Waals surface area contributed by atoms with Crippen LogP contribution < -0.4 is 10.1 Å². The number of hydrogen-bond donors (Lipinski definition) is 1. The van der Waals surface area contributed by atoms with Crippen molar-refractivity contribution in [1.82, 2.24) is 20.1 Å². The minimum Gasteiger partial charge on any atom is -0.492 e. The molecular formula is C18H20N4O3S. The fourth-order valence-electron chi connectivity index (χ4n) is 2.33. The van der Waals surface area contributed by atoms with Gasteiger partial charge in [-0.05, 0) is 31.2 Å². The smallest absolute Gasteiger partial charge is 0.230 e. The number of rotatable bonds is 9. The number of carbonyl (C=O) groups is 1. The topological polar surface area (TPSA) is 82.2 Å². The van der Waals surface area contributed by atoms with Gasteiger partial charge in [0.05, 0.1) is 18.6 Å². The SMILES string of the molecule is CCn1c(SCC(=O)NCCOc2ccccc2)nnc1-c1ccco1. The van der Waals surface area contributed by atoms with Crippen molar-refractivity contribution in [1.29, 1.82) is 0 Å². The summed E-state index contributed by atoms with van der Waals surface area (Å²) in [6.45, 7) is 3.57. The summed E-state index contributed by atoms with van der Waals surface area (Å²) in [6, 6.07) is 13.2. The standard InChI is InChI=1S/C18H20N4O3S/c1-2-22-17(15-9-6-11-25-15)20-21-18(22)26-13-16(23)19-10-12-24-14-7-4-3-5-8-14/h3-9,11H,2,10,12-13H2,1H3,(H,19,23). The lowest BCUT2D eigenvalue weighted by atomic mass is 10.3. The molecule has 3 aromatic rings. The number of ether oxygens (including phenoxy) is 1. The second-order valence-electron chi connectivity index (χ2n) is 5.33. The third-order valence-corrected chi connectivity index (χ3v) is 4.51. The minimum atomic E-state index is -0.0723. The zero-order valence-corrected chi connectivity index (χ0v) is 15.2. The zero-order chi connectivity index (χ0) is 18.2. The van der Waals surface area contributed by atoms with Gasteiger partial charge >= 0.3 is 0 Å². The molecule has 0 atom stereocenters. The lowest BCUT2D eigenvalue weighted by Crippen LogP contribution is -2.29. The van der Waals surface area contributed by atoms with E-state index in [2.05, 4.69) is 15.5 Å². The Kier molecular flexibility index (Phi) is 6.32. The minimum absolute atomic E-state index is 0.0723. The van der Waals surface area contributed by atoms with Gasteiger partial charge in [-0.25, -0.2) is 0 Å². The summed E-state index contributed by atoms with van der Waals surface area (Å²) in [7, 11) is 0. The van der Waals surface area contributed by atoms with E-state index in [4.69, 9.17) is 9.15 Å². The Bertz CT molecular complexity index is 818. The molecule has 1 aromatic carbocycles. The first-order valence-electron chi connectivity index (χ1n) is 8.32. The van der Waals surface area contributed by atoms with E-state index in [1.54, 1.807) is 6.26 Å². The molecule has 0 fully saturated rings. The van der Waals surface area contributed by atoms with E-state index < -0.39 is 0 Å². The van der Waals surface area contributed by atoms with Crippen molar-refractivity contribution >= 4 is 17.7 Å². The lowest BCUT2D eigenvalue weighted by Gasteiger charge is -2.08. The Balaban J connectivity index is 1.44. The molecule has 8 heteroatoms. The summed E-state index contributed by atoms with van der Waals surface area (Å²) in [5, 5.41) is 11.8. The number of nitrogens with one attached hydrogen (secondary N) is 1. The van der Waals surface area contributed by atoms with Gasteiger partial charge < -0.3 is 14.5 Å². The molecular weight excluding hydrogens is 352 g/mol. The van der Waals surface area contributed by atoms with Crippen LogP contribution in [-0.2, 0) is 11.3 Å². The van der Waals surface area contributed by atoms with E-state index >= 15 is 0 Å². The third-order valence-electron chi connectivity index (χ3n) is 3.54. The Hall–Kier alpha value is -2.74. The van der Waals surface area contributed by atoms with Crippen LogP contribution in [0.1, 0.15) is 6.92 Å². The fourth-order valence-corrected chi connectivity index (χ4v) is 3.16. The number of hydrogen-bond acceptors (Lipinski definition) is 6. The van der Waals surface area contributed by atoms with Gasteiger partial charge in [0.2, 0.25) is 5.91 Å². The highest BCUT2D eigenvalue weighted by atomic mass is 32.2. The summed E-state index contributed by atoms with van der Waals surface area (Å²) in [5.74, 6) is 2.31. The van der Waals surface area contributed by atoms with Crippen LogP contribution in [0, 0.1) is 0 Å². The Morgan fingerprint density at radius 2 is 2.08 bits per heavy atom. The highest BCUT2D eigenvalue weighted by Gasteiger charge is 2.16. The van der Waals surface area contributed by atoms with Gasteiger partial charge in [0.25, 0.3) is 0 Å². The Morgan fingerprint density at radius 3 is 2.81 bits per heavy atom. The van der Waals surface area contributed by atoms with E-state index in [0.29, 0.717) is 36.4 Å². The normalized spacial score (nSPS) is 10.7. The molecule has 0 saturated carbocycles. The first-order chi connectivity index (χ1) is 12.8. The number of nitrogens with zero attached hydrogens (tertiary/aromatic N) is 3. The van der Waals surface area contributed by atoms with Gasteiger partial charge in [-0.2, -0.15) is 0 Å². The van der Waals surface area contributed by atoms with Gasteiger partial charge in [0.15, 0.2) is 16.7 Å². The predicted molar refractivity (Wildman–Crippen MR) is 99.1 cm³/mol. The fraction of sp³-hybridized carbons (Fsp3) is 0.278. The van der Waals surface area contributed by atoms with Crippen molar-refractivity contribution in [3.05, 3.63) is 48.7 Å². The predicted octanol–water partition coefficient (Wildman–Crippen LogP) is 2.85. The molecule has 0 unspecified atom stereocenters. The molecule has 0 radical (unpaired) electrons. The first-order valence-corrected chi connectivity index (χ1v) is 9.31. The van der Waals surface area contributed by atoms with Crippen molar-refractivity contribution in [2.45, 2.75) is 18.6 Å². The third kappa shape index (κ3) is 4.66. The second kappa shape index (κ2) is 9.10. The van der Waals surface area contributed by atoms with Crippen molar-refractivity contribution in [2.24, 2.45) is 0 Å². The largest absolute Gasteiger partial charge is 0.492 e. The highest BCUT2D eigenvalue weighted by molar-refractivity contribution is 7.99. The van der Waals surface area contributed by atoms with E-state index in [9.17, 15) is 4.79 Å². The second-order valence-corrected chi connectivity index (χ2v) is 6.27. The van der Waals surface area contributed by atoms with Gasteiger partial charge in [0.1, 0.15) is 12.4 Å². The molecule has 2 heterocycles. The summed E-state index contributed by atoms with van der Waals surface area (Å²) in [6.07, 6.45) is 1.60. The van der Waals surface area contributed by atoms with E-state index in [1.807, 2.05) is 54.0 Å². The van der Waals surface area contributed by atoms with Crippen LogP contribution in [0.5, 0.6) is 5.75 Å². The summed E-state index contributed by atoms with van der Waals surface area (Å²) >= 11 is 1.35. The van der Waals surface area contributed by atoms with E-state index in [0.717, 1.165) is 5.75 Å². The number of benzene rings is 1. The molecule has 2 aromatic heterocycles. The van der Waals surface area contributed by atoms with E-state index in [-0.39, 0.29) is 11.7 Å². The Labute approximate surface area is 155 Å². The van der Waals surface area contributed by atoms with Gasteiger partial charge in [-0.3, -0.25) is 9.36 Å². The van der Waals surface area contributed by atoms with Crippen molar-refractivity contribution in [3.8, 4) is 17.3 Å². The molecule has 3 rings (SSSR count). The van der Waals surface area contributed by atoms with Crippen LogP contribution in [0.2, 0.25) is 0 Å². The number of thioether (sulfide) groups is 1. The highest BCUT2D eigenvalue weighted by Crippen LogP contribution is 2.23. The molecule has 26 heavy (non-hydrogen) atoms. The number of amides is 1. The van der Waals surface area contributed by atoms with Gasteiger partial charge in [-0.1, -0.05) is 30.0 Å². The molecule has 0 bridgehead atoms. The molecule has 0 aliphatic heterocycles. The number of furan rings is 1. The average molecular weight is 372 g/mol. The van der Waals surface area contributed by atoms with Crippen molar-refractivity contribution in [3.63, 3.8) is 0 Å². The molecule has 0 aliphatic carbocycles. The lowest BCUT2D eigenvalue weighted by molar-refractivity contribution is -0.118. The monoisotopic (exact) mass is 372 g/mol. The number of carbonyl (C=O) groups excluding carboxylic acids is 1. The molecule has 136 valence electrons. The van der Waals surface area contributed by atoms with Crippen LogP contribution in [0.4, 0.5) is 0 Å². The molecule has 7 nitrogen and oxygen atoms in total. The van der Waals surface area contributed by atoms with E-state index in [1.165, 1.54) is 11.8 Å². The van der Waals surface area contributed by atoms with Crippen LogP contribution >= 0.6 is 11.8 Å². The maximum absolute atomic E-state index is 12.0. The quantitative estimate of drug-likeness (QED) is 0.459. The van der Waals surface area contributed by atoms with Crippen LogP contribution in [0.25, 0.3) is 11.6 Å². The molecule has 0 aliphatic rings. The van der Waals surface area contributed by atoms with Crippen LogP contribution in [0.3, 0.4) is 0 Å². The number of aromatic nitrogens is 3. The first kappa shape index (κ1) is 18.1. The van der Waals surface area contributed by atoms with Gasteiger partial charge in [-0.15, -0.1) is 10.2 Å². The molecule has 0 spiro atoms. The molecule has 0 saturated heterocycles. The van der Waals surface area contributed by atoms with Crippen LogP contribution in [-0.4, -0.2) is 39.6 Å². The maximum Gasteiger partial charge on any atom is 0.230 e. The summed E-state index contributed by atoms with van der Waals surface area (Å²) < 4.78 is 12.8. The summed E-state index contributed by atoms with van der Waals surface area (Å²) in [5.41, 5.74) is 0. The van der Waals surface area contributed by atoms with Gasteiger partial charge in [0, 0.05) is 6.54 Å². The number of para-hydroxylation sites is 1. The maximum atomic E-state index is 12.0. The zero-order valence-electron chi connectivity index (χ0n) is 14.4. The molecule has 1 amide bonds.